The SMILES string of the molecule is CC1(C)C2CCC(C(F)(F)C(=O)O)C1C2. The third-order valence-corrected chi connectivity index (χ3v) is 4.61. The van der Waals surface area contributed by atoms with Crippen molar-refractivity contribution in [2.45, 2.75) is 39.0 Å². The summed E-state index contributed by atoms with van der Waals surface area (Å²) in [6.45, 7) is 3.96. The fourth-order valence-electron chi connectivity index (χ4n) is 3.40. The molecule has 0 aromatic heterocycles. The fraction of sp³-hybridized carbons (Fsp3) is 0.909. The Balaban J connectivity index is 2.21. The van der Waals surface area contributed by atoms with Gasteiger partial charge in [0.2, 0.25) is 0 Å². The van der Waals surface area contributed by atoms with Crippen molar-refractivity contribution in [2.75, 3.05) is 0 Å². The number of carboxylic acid groups (broad SMARTS) is 1. The Bertz CT molecular complexity index is 297. The van der Waals surface area contributed by atoms with Crippen molar-refractivity contribution in [3.63, 3.8) is 0 Å². The van der Waals surface area contributed by atoms with Gasteiger partial charge in [0, 0.05) is 5.92 Å². The maximum atomic E-state index is 13.5. The van der Waals surface area contributed by atoms with Gasteiger partial charge in [-0.1, -0.05) is 13.8 Å². The molecule has 4 heteroatoms. The zero-order valence-electron chi connectivity index (χ0n) is 8.96. The molecule has 3 unspecified atom stereocenters. The second kappa shape index (κ2) is 2.92. The normalized spacial score (nSPS) is 38.3. The highest BCUT2D eigenvalue weighted by molar-refractivity contribution is 5.75. The highest BCUT2D eigenvalue weighted by Crippen LogP contribution is 2.63. The predicted molar refractivity (Wildman–Crippen MR) is 50.7 cm³/mol. The minimum absolute atomic E-state index is 0.0954. The molecule has 0 saturated heterocycles. The van der Waals surface area contributed by atoms with Crippen LogP contribution >= 0.6 is 0 Å². The van der Waals surface area contributed by atoms with E-state index in [-0.39, 0.29) is 11.3 Å². The van der Waals surface area contributed by atoms with Gasteiger partial charge >= 0.3 is 11.9 Å². The van der Waals surface area contributed by atoms with Crippen LogP contribution in [0.25, 0.3) is 0 Å². The van der Waals surface area contributed by atoms with Crippen molar-refractivity contribution < 1.29 is 18.7 Å². The highest BCUT2D eigenvalue weighted by Gasteiger charge is 2.62. The minimum atomic E-state index is -3.55. The fourth-order valence-corrected chi connectivity index (χ4v) is 3.40. The Labute approximate surface area is 87.7 Å². The molecule has 1 N–H and O–H groups in total. The Morgan fingerprint density at radius 2 is 2.00 bits per heavy atom. The average molecular weight is 218 g/mol. The molecule has 0 aliphatic heterocycles. The van der Waals surface area contributed by atoms with Crippen LogP contribution in [-0.2, 0) is 4.79 Å². The molecule has 3 rings (SSSR count). The number of alkyl halides is 2. The number of aliphatic carboxylic acids is 1. The zero-order valence-corrected chi connectivity index (χ0v) is 8.96. The summed E-state index contributed by atoms with van der Waals surface area (Å²) in [5.41, 5.74) is -0.0954. The topological polar surface area (TPSA) is 37.3 Å². The van der Waals surface area contributed by atoms with E-state index >= 15 is 0 Å². The number of halogens is 2. The van der Waals surface area contributed by atoms with Crippen LogP contribution in [0.15, 0.2) is 0 Å². The molecule has 3 saturated carbocycles. The summed E-state index contributed by atoms with van der Waals surface area (Å²) < 4.78 is 26.9. The van der Waals surface area contributed by atoms with Crippen molar-refractivity contribution in [3.05, 3.63) is 0 Å². The van der Waals surface area contributed by atoms with E-state index in [1.807, 2.05) is 13.8 Å². The van der Waals surface area contributed by atoms with Gasteiger partial charge in [-0.2, -0.15) is 8.78 Å². The molecule has 3 fully saturated rings. The zero-order chi connectivity index (χ0) is 11.4. The van der Waals surface area contributed by atoms with Gasteiger partial charge in [0.25, 0.3) is 0 Å². The summed E-state index contributed by atoms with van der Waals surface area (Å²) in [6.07, 6.45) is 1.88. The second-order valence-electron chi connectivity index (χ2n) is 5.47. The average Bonchev–Trinajstić information content (AvgIpc) is 2.17. The quantitative estimate of drug-likeness (QED) is 0.773. The van der Waals surface area contributed by atoms with Gasteiger partial charge in [-0.3, -0.25) is 0 Å². The van der Waals surface area contributed by atoms with Crippen LogP contribution in [0, 0.1) is 23.2 Å². The molecule has 2 bridgehead atoms. The predicted octanol–water partition coefficient (Wildman–Crippen LogP) is 2.78. The molecule has 2 nitrogen and oxygen atoms in total. The Morgan fingerprint density at radius 1 is 1.40 bits per heavy atom. The van der Waals surface area contributed by atoms with Crippen LogP contribution in [0.2, 0.25) is 0 Å². The maximum Gasteiger partial charge on any atom is 0.374 e. The third kappa shape index (κ3) is 1.30. The molecule has 0 radical (unpaired) electrons. The lowest BCUT2D eigenvalue weighted by molar-refractivity contribution is -0.209. The molecule has 3 aliphatic carbocycles. The molecule has 0 aromatic carbocycles. The van der Waals surface area contributed by atoms with Crippen LogP contribution in [0.3, 0.4) is 0 Å². The van der Waals surface area contributed by atoms with Crippen molar-refractivity contribution in [3.8, 4) is 0 Å². The van der Waals surface area contributed by atoms with Gasteiger partial charge < -0.3 is 5.11 Å². The van der Waals surface area contributed by atoms with E-state index in [0.29, 0.717) is 12.3 Å². The van der Waals surface area contributed by atoms with Crippen molar-refractivity contribution in [2.24, 2.45) is 23.2 Å². The molecule has 0 spiro atoms. The summed E-state index contributed by atoms with van der Waals surface area (Å²) in [4.78, 5) is 10.5. The van der Waals surface area contributed by atoms with Crippen LogP contribution in [0.1, 0.15) is 33.1 Å². The van der Waals surface area contributed by atoms with E-state index in [2.05, 4.69) is 0 Å². The number of carboxylic acids is 1. The molecule has 0 amide bonds. The highest BCUT2D eigenvalue weighted by atomic mass is 19.3. The number of carbonyl (C=O) groups is 1. The monoisotopic (exact) mass is 218 g/mol. The first-order chi connectivity index (χ1) is 6.78. The lowest BCUT2D eigenvalue weighted by Gasteiger charge is -2.60. The summed E-state index contributed by atoms with van der Waals surface area (Å²) in [6, 6.07) is 0. The first-order valence-electron chi connectivity index (χ1n) is 5.39. The van der Waals surface area contributed by atoms with Crippen molar-refractivity contribution in [1.29, 1.82) is 0 Å². The molecule has 3 atom stereocenters. The first kappa shape index (κ1) is 10.8. The van der Waals surface area contributed by atoms with Gasteiger partial charge in [0.05, 0.1) is 0 Å². The van der Waals surface area contributed by atoms with Gasteiger partial charge in [-0.15, -0.1) is 0 Å². The van der Waals surface area contributed by atoms with Gasteiger partial charge in [-0.05, 0) is 36.5 Å². The van der Waals surface area contributed by atoms with E-state index < -0.39 is 17.8 Å². The number of hydrogen-bond donors (Lipinski definition) is 1. The summed E-state index contributed by atoms with van der Waals surface area (Å²) in [7, 11) is 0. The molecule has 0 aromatic rings. The minimum Gasteiger partial charge on any atom is -0.477 e. The van der Waals surface area contributed by atoms with E-state index in [0.717, 1.165) is 12.8 Å². The molecule has 3 aliphatic rings. The van der Waals surface area contributed by atoms with Crippen LogP contribution < -0.4 is 0 Å². The summed E-state index contributed by atoms with van der Waals surface area (Å²) >= 11 is 0. The van der Waals surface area contributed by atoms with Gasteiger partial charge in [-0.25, -0.2) is 4.79 Å². The molecular weight excluding hydrogens is 202 g/mol. The number of rotatable bonds is 2. The lowest BCUT2D eigenvalue weighted by Crippen LogP contribution is -2.58. The van der Waals surface area contributed by atoms with Crippen LogP contribution in [-0.4, -0.2) is 17.0 Å². The number of hydrogen-bond acceptors (Lipinski definition) is 1. The maximum absolute atomic E-state index is 13.5. The van der Waals surface area contributed by atoms with E-state index in [1.54, 1.807) is 0 Å². The molecule has 15 heavy (non-hydrogen) atoms. The first-order valence-corrected chi connectivity index (χ1v) is 5.39. The van der Waals surface area contributed by atoms with Gasteiger partial charge in [0.1, 0.15) is 0 Å². The Morgan fingerprint density at radius 3 is 2.40 bits per heavy atom. The standard InChI is InChI=1S/C11H16F2O2/c1-10(2)6-3-4-7(8(10)5-6)11(12,13)9(14)15/h6-8H,3-5H2,1-2H3,(H,14,15). The van der Waals surface area contributed by atoms with E-state index in [9.17, 15) is 13.6 Å². The van der Waals surface area contributed by atoms with Crippen LogP contribution in [0.5, 0.6) is 0 Å². The van der Waals surface area contributed by atoms with Gasteiger partial charge in [0.15, 0.2) is 0 Å². The Kier molecular flexibility index (Phi) is 2.11. The molecule has 86 valence electrons. The molecule has 0 heterocycles. The molecular formula is C11H16F2O2. The van der Waals surface area contributed by atoms with E-state index in [4.69, 9.17) is 5.11 Å². The van der Waals surface area contributed by atoms with Crippen molar-refractivity contribution >= 4 is 5.97 Å². The number of fused-ring (bicyclic) bond motifs is 2. The van der Waals surface area contributed by atoms with E-state index in [1.165, 1.54) is 0 Å². The van der Waals surface area contributed by atoms with Crippen molar-refractivity contribution in [1.82, 2.24) is 0 Å². The summed E-state index contributed by atoms with van der Waals surface area (Å²) in [5.74, 6) is -6.08. The summed E-state index contributed by atoms with van der Waals surface area (Å²) in [5, 5.41) is 8.55. The lowest BCUT2D eigenvalue weighted by atomic mass is 9.45. The third-order valence-electron chi connectivity index (χ3n) is 4.61. The Hall–Kier alpha value is -0.670. The smallest absolute Gasteiger partial charge is 0.374 e. The second-order valence-corrected chi connectivity index (χ2v) is 5.47. The largest absolute Gasteiger partial charge is 0.477 e. The van der Waals surface area contributed by atoms with Crippen LogP contribution in [0.4, 0.5) is 8.78 Å².